The maximum atomic E-state index is 6.15. The Labute approximate surface area is 136 Å². The zero-order chi connectivity index (χ0) is 15.0. The average molecular weight is 345 g/mol. The summed E-state index contributed by atoms with van der Waals surface area (Å²) in [5.74, 6) is 7.76. The van der Waals surface area contributed by atoms with Gasteiger partial charge in [0.25, 0.3) is 0 Å². The number of nitrogens with one attached hydrogen (secondary N) is 2. The fourth-order valence-corrected chi connectivity index (χ4v) is 2.48. The van der Waals surface area contributed by atoms with Gasteiger partial charge in [-0.25, -0.2) is 15.8 Å². The highest BCUT2D eigenvalue weighted by atomic mass is 35.5. The number of benzene rings is 1. The Hall–Kier alpha value is -1.27. The van der Waals surface area contributed by atoms with Gasteiger partial charge in [0.2, 0.25) is 0 Å². The second-order valence-electron chi connectivity index (χ2n) is 4.79. The van der Waals surface area contributed by atoms with E-state index in [1.54, 1.807) is 18.2 Å². The molecule has 4 N–H and O–H groups in total. The van der Waals surface area contributed by atoms with Crippen LogP contribution < -0.4 is 16.6 Å². The molecule has 2 aromatic rings. The summed E-state index contributed by atoms with van der Waals surface area (Å²) in [6.45, 7) is 0. The van der Waals surface area contributed by atoms with Crippen LogP contribution in [-0.2, 0) is 0 Å². The Morgan fingerprint density at radius 2 is 1.62 bits per heavy atom. The number of halogens is 3. The van der Waals surface area contributed by atoms with Gasteiger partial charge in [-0.15, -0.1) is 0 Å². The molecular weight excluding hydrogens is 333 g/mol. The molecule has 8 heteroatoms. The summed E-state index contributed by atoms with van der Waals surface area (Å²) in [5, 5.41) is 4.39. The van der Waals surface area contributed by atoms with Gasteiger partial charge in [0.1, 0.15) is 17.5 Å². The number of hydrogen-bond acceptors (Lipinski definition) is 5. The third-order valence-corrected chi connectivity index (χ3v) is 4.14. The van der Waals surface area contributed by atoms with Crippen molar-refractivity contribution in [1.29, 1.82) is 0 Å². The van der Waals surface area contributed by atoms with Crippen LogP contribution in [0.5, 0.6) is 0 Å². The zero-order valence-corrected chi connectivity index (χ0v) is 13.1. The minimum absolute atomic E-state index is 0.401. The minimum atomic E-state index is 0.401. The van der Waals surface area contributed by atoms with Crippen LogP contribution in [0.2, 0.25) is 15.1 Å². The van der Waals surface area contributed by atoms with Crippen LogP contribution >= 0.6 is 34.8 Å². The molecule has 1 fully saturated rings. The van der Waals surface area contributed by atoms with E-state index in [1.807, 2.05) is 0 Å². The first-order valence-corrected chi connectivity index (χ1v) is 7.47. The van der Waals surface area contributed by atoms with Gasteiger partial charge in [-0.1, -0.05) is 34.8 Å². The van der Waals surface area contributed by atoms with Crippen LogP contribution in [0, 0.1) is 0 Å². The van der Waals surface area contributed by atoms with E-state index in [2.05, 4.69) is 20.7 Å². The van der Waals surface area contributed by atoms with Crippen LogP contribution in [0.4, 0.5) is 17.3 Å². The van der Waals surface area contributed by atoms with E-state index in [1.165, 1.54) is 0 Å². The van der Waals surface area contributed by atoms with Crippen molar-refractivity contribution in [3.8, 4) is 0 Å². The summed E-state index contributed by atoms with van der Waals surface area (Å²) in [6, 6.07) is 4.93. The highest BCUT2D eigenvalue weighted by Crippen LogP contribution is 2.39. The topological polar surface area (TPSA) is 75.9 Å². The van der Waals surface area contributed by atoms with E-state index in [0.717, 1.165) is 18.7 Å². The van der Waals surface area contributed by atoms with Crippen molar-refractivity contribution in [3.63, 3.8) is 0 Å². The van der Waals surface area contributed by atoms with Crippen LogP contribution in [0.25, 0.3) is 0 Å². The van der Waals surface area contributed by atoms with E-state index < -0.39 is 0 Å². The van der Waals surface area contributed by atoms with E-state index in [0.29, 0.717) is 38.3 Å². The van der Waals surface area contributed by atoms with Gasteiger partial charge in [0, 0.05) is 12.0 Å². The van der Waals surface area contributed by atoms with Crippen molar-refractivity contribution in [3.05, 3.63) is 39.1 Å². The first-order chi connectivity index (χ1) is 10.1. The van der Waals surface area contributed by atoms with Gasteiger partial charge in [-0.3, -0.25) is 0 Å². The zero-order valence-electron chi connectivity index (χ0n) is 10.8. The highest BCUT2D eigenvalue weighted by Gasteiger charge is 2.27. The quantitative estimate of drug-likeness (QED) is 0.437. The molecule has 1 aromatic heterocycles. The third-order valence-electron chi connectivity index (χ3n) is 3.11. The molecule has 0 bridgehead atoms. The standard InChI is InChI=1S/C13H12Cl3N5/c14-7-3-9(16)10(4-8(7)15)18-11-5-12(21-17)20-13(19-11)6-1-2-6/h3-6H,1-2,17H2,(H2,18,19,20,21). The molecule has 110 valence electrons. The number of anilines is 3. The van der Waals surface area contributed by atoms with Crippen LogP contribution in [0.1, 0.15) is 24.6 Å². The smallest absolute Gasteiger partial charge is 0.145 e. The maximum absolute atomic E-state index is 6.15. The van der Waals surface area contributed by atoms with Crippen molar-refractivity contribution in [2.75, 3.05) is 10.7 Å². The molecule has 1 heterocycles. The molecule has 0 saturated heterocycles. The molecule has 0 radical (unpaired) electrons. The summed E-state index contributed by atoms with van der Waals surface area (Å²) in [6.07, 6.45) is 2.20. The second-order valence-corrected chi connectivity index (χ2v) is 6.01. The van der Waals surface area contributed by atoms with Crippen LogP contribution in [0.3, 0.4) is 0 Å². The van der Waals surface area contributed by atoms with Crippen molar-refractivity contribution < 1.29 is 0 Å². The maximum Gasteiger partial charge on any atom is 0.145 e. The van der Waals surface area contributed by atoms with Crippen LogP contribution in [0.15, 0.2) is 18.2 Å². The van der Waals surface area contributed by atoms with Crippen LogP contribution in [-0.4, -0.2) is 9.97 Å². The van der Waals surface area contributed by atoms with E-state index in [4.69, 9.17) is 40.6 Å². The van der Waals surface area contributed by atoms with Crippen molar-refractivity contribution in [2.24, 2.45) is 5.84 Å². The Kier molecular flexibility index (Phi) is 4.08. The molecule has 0 unspecified atom stereocenters. The largest absolute Gasteiger partial charge is 0.339 e. The Morgan fingerprint density at radius 3 is 2.29 bits per heavy atom. The molecule has 21 heavy (non-hydrogen) atoms. The summed E-state index contributed by atoms with van der Waals surface area (Å²) in [4.78, 5) is 8.82. The molecule has 1 aliphatic rings. The number of nitrogen functional groups attached to an aromatic ring is 1. The molecule has 0 atom stereocenters. The SMILES string of the molecule is NNc1cc(Nc2cc(Cl)c(Cl)cc2Cl)nc(C2CC2)n1. The number of nitrogens with zero attached hydrogens (tertiary/aromatic N) is 2. The first-order valence-electron chi connectivity index (χ1n) is 6.34. The molecule has 0 amide bonds. The lowest BCUT2D eigenvalue weighted by Crippen LogP contribution is -2.11. The predicted octanol–water partition coefficient (Wildman–Crippen LogP) is 4.34. The summed E-state index contributed by atoms with van der Waals surface area (Å²) < 4.78 is 0. The Bertz CT molecular complexity index is 688. The summed E-state index contributed by atoms with van der Waals surface area (Å²) in [7, 11) is 0. The molecule has 1 saturated carbocycles. The minimum Gasteiger partial charge on any atom is -0.339 e. The normalized spacial score (nSPS) is 14.1. The number of hydrogen-bond donors (Lipinski definition) is 3. The molecular formula is C13H12Cl3N5. The second kappa shape index (κ2) is 5.85. The van der Waals surface area contributed by atoms with E-state index >= 15 is 0 Å². The van der Waals surface area contributed by atoms with Gasteiger partial charge >= 0.3 is 0 Å². The number of hydrazine groups is 1. The van der Waals surface area contributed by atoms with Crippen molar-refractivity contribution in [1.82, 2.24) is 9.97 Å². The molecule has 3 rings (SSSR count). The third kappa shape index (κ3) is 3.32. The van der Waals surface area contributed by atoms with Gasteiger partial charge in [-0.05, 0) is 25.0 Å². The summed E-state index contributed by atoms with van der Waals surface area (Å²) in [5.41, 5.74) is 3.16. The number of rotatable bonds is 4. The number of nitrogens with two attached hydrogens (primary N) is 1. The molecule has 5 nitrogen and oxygen atoms in total. The average Bonchev–Trinajstić information content (AvgIpc) is 3.29. The fraction of sp³-hybridized carbons (Fsp3) is 0.231. The van der Waals surface area contributed by atoms with E-state index in [9.17, 15) is 0 Å². The molecule has 1 aromatic carbocycles. The molecule has 0 spiro atoms. The highest BCUT2D eigenvalue weighted by molar-refractivity contribution is 6.44. The molecule has 0 aliphatic heterocycles. The number of aromatic nitrogens is 2. The lowest BCUT2D eigenvalue weighted by Gasteiger charge is -2.11. The fourth-order valence-electron chi connectivity index (χ4n) is 1.88. The van der Waals surface area contributed by atoms with Crippen molar-refractivity contribution in [2.45, 2.75) is 18.8 Å². The predicted molar refractivity (Wildman–Crippen MR) is 86.6 cm³/mol. The van der Waals surface area contributed by atoms with Gasteiger partial charge in [0.05, 0.1) is 20.8 Å². The first kappa shape index (κ1) is 14.7. The lowest BCUT2D eigenvalue weighted by atomic mass is 10.3. The summed E-state index contributed by atoms with van der Waals surface area (Å²) >= 11 is 18.1. The van der Waals surface area contributed by atoms with Crippen molar-refractivity contribution >= 4 is 52.1 Å². The molecule has 1 aliphatic carbocycles. The van der Waals surface area contributed by atoms with Gasteiger partial charge in [-0.2, -0.15) is 0 Å². The van der Waals surface area contributed by atoms with E-state index in [-0.39, 0.29) is 0 Å². The van der Waals surface area contributed by atoms with Gasteiger partial charge in [0.15, 0.2) is 0 Å². The Balaban J connectivity index is 1.94. The van der Waals surface area contributed by atoms with Gasteiger partial charge < -0.3 is 10.7 Å². The monoisotopic (exact) mass is 343 g/mol. The lowest BCUT2D eigenvalue weighted by molar-refractivity contribution is 0.929. The Morgan fingerprint density at radius 1 is 0.952 bits per heavy atom.